The predicted octanol–water partition coefficient (Wildman–Crippen LogP) is 4.88. The SMILES string of the molecule is C#CCN(c1ccccc1)N(c1ccccc1)c1ccccc1. The second-order valence-electron chi connectivity index (χ2n) is 5.08. The molecule has 0 atom stereocenters. The van der Waals surface area contributed by atoms with Crippen molar-refractivity contribution in [3.8, 4) is 12.3 Å². The second-order valence-corrected chi connectivity index (χ2v) is 5.08. The predicted molar refractivity (Wildman–Crippen MR) is 97.6 cm³/mol. The van der Waals surface area contributed by atoms with Gasteiger partial charge in [0.05, 0.1) is 17.1 Å². The Bertz CT molecular complexity index is 722. The minimum atomic E-state index is 0.480. The molecule has 3 aromatic rings. The number of para-hydroxylation sites is 3. The monoisotopic (exact) mass is 298 g/mol. The highest BCUT2D eigenvalue weighted by molar-refractivity contribution is 5.70. The van der Waals surface area contributed by atoms with Crippen molar-refractivity contribution < 1.29 is 0 Å². The first-order chi connectivity index (χ1) is 11.4. The molecule has 23 heavy (non-hydrogen) atoms. The number of hydrogen-bond acceptors (Lipinski definition) is 2. The second kappa shape index (κ2) is 7.20. The molecule has 0 aliphatic heterocycles. The Morgan fingerprint density at radius 1 is 0.609 bits per heavy atom. The zero-order valence-corrected chi connectivity index (χ0v) is 12.8. The molecule has 0 unspecified atom stereocenters. The molecule has 0 heterocycles. The van der Waals surface area contributed by atoms with Crippen LogP contribution in [0.4, 0.5) is 17.1 Å². The van der Waals surface area contributed by atoms with Crippen LogP contribution < -0.4 is 10.0 Å². The van der Waals surface area contributed by atoms with Gasteiger partial charge in [0.25, 0.3) is 0 Å². The summed E-state index contributed by atoms with van der Waals surface area (Å²) in [6, 6.07) is 30.7. The molecule has 3 rings (SSSR count). The lowest BCUT2D eigenvalue weighted by Gasteiger charge is -2.37. The molecule has 112 valence electrons. The smallest absolute Gasteiger partial charge is 0.101 e. The van der Waals surface area contributed by atoms with E-state index in [2.05, 4.69) is 52.3 Å². The zero-order valence-electron chi connectivity index (χ0n) is 12.8. The molecule has 0 aromatic heterocycles. The maximum atomic E-state index is 5.64. The quantitative estimate of drug-likeness (QED) is 0.489. The average molecular weight is 298 g/mol. The van der Waals surface area contributed by atoms with Gasteiger partial charge < -0.3 is 0 Å². The number of terminal acetylenes is 1. The summed E-state index contributed by atoms with van der Waals surface area (Å²) in [5, 5.41) is 4.25. The molecule has 0 fully saturated rings. The summed E-state index contributed by atoms with van der Waals surface area (Å²) >= 11 is 0. The zero-order chi connectivity index (χ0) is 15.9. The number of rotatable bonds is 5. The number of hydrogen-bond donors (Lipinski definition) is 0. The number of hydrazine groups is 1. The normalized spacial score (nSPS) is 9.87. The molecular weight excluding hydrogens is 280 g/mol. The van der Waals surface area contributed by atoms with Crippen LogP contribution in [0.5, 0.6) is 0 Å². The molecule has 3 aromatic carbocycles. The Morgan fingerprint density at radius 2 is 1.00 bits per heavy atom. The molecule has 0 spiro atoms. The number of anilines is 3. The average Bonchev–Trinajstić information content (AvgIpc) is 2.64. The fourth-order valence-corrected chi connectivity index (χ4v) is 2.53. The molecule has 0 saturated carbocycles. The van der Waals surface area contributed by atoms with E-state index in [1.54, 1.807) is 0 Å². The van der Waals surface area contributed by atoms with Crippen LogP contribution in [0.15, 0.2) is 91.0 Å². The van der Waals surface area contributed by atoms with E-state index >= 15 is 0 Å². The van der Waals surface area contributed by atoms with E-state index in [-0.39, 0.29) is 0 Å². The van der Waals surface area contributed by atoms with Crippen LogP contribution in [0.3, 0.4) is 0 Å². The van der Waals surface area contributed by atoms with Crippen molar-refractivity contribution in [1.82, 2.24) is 0 Å². The highest BCUT2D eigenvalue weighted by Gasteiger charge is 2.17. The van der Waals surface area contributed by atoms with Crippen molar-refractivity contribution in [2.75, 3.05) is 16.6 Å². The number of nitrogens with zero attached hydrogens (tertiary/aromatic N) is 2. The fraction of sp³-hybridized carbons (Fsp3) is 0.0476. The van der Waals surface area contributed by atoms with Crippen molar-refractivity contribution in [3.05, 3.63) is 91.0 Å². The third-order valence-corrected chi connectivity index (χ3v) is 3.54. The summed E-state index contributed by atoms with van der Waals surface area (Å²) in [7, 11) is 0. The van der Waals surface area contributed by atoms with Crippen molar-refractivity contribution in [2.45, 2.75) is 0 Å². The van der Waals surface area contributed by atoms with Gasteiger partial charge in [0, 0.05) is 0 Å². The van der Waals surface area contributed by atoms with Gasteiger partial charge in [-0.05, 0) is 36.4 Å². The first kappa shape index (κ1) is 14.7. The Kier molecular flexibility index (Phi) is 4.61. The van der Waals surface area contributed by atoms with Gasteiger partial charge in [-0.1, -0.05) is 60.5 Å². The van der Waals surface area contributed by atoms with Crippen LogP contribution in [0, 0.1) is 12.3 Å². The van der Waals surface area contributed by atoms with Crippen LogP contribution in [0.1, 0.15) is 0 Å². The summed E-state index contributed by atoms with van der Waals surface area (Å²) in [6.45, 7) is 0.480. The van der Waals surface area contributed by atoms with E-state index < -0.39 is 0 Å². The first-order valence-corrected chi connectivity index (χ1v) is 7.56. The van der Waals surface area contributed by atoms with Gasteiger partial charge >= 0.3 is 0 Å². The van der Waals surface area contributed by atoms with E-state index in [0.29, 0.717) is 6.54 Å². The fourth-order valence-electron chi connectivity index (χ4n) is 2.53. The lowest BCUT2D eigenvalue weighted by molar-refractivity contribution is 0.892. The summed E-state index contributed by atoms with van der Waals surface area (Å²) in [4.78, 5) is 0. The van der Waals surface area contributed by atoms with Crippen LogP contribution in [0.25, 0.3) is 0 Å². The lowest BCUT2D eigenvalue weighted by atomic mass is 10.2. The molecule has 0 N–H and O–H groups in total. The molecule has 0 aliphatic rings. The van der Waals surface area contributed by atoms with Crippen molar-refractivity contribution in [3.63, 3.8) is 0 Å². The largest absolute Gasteiger partial charge is 0.269 e. The van der Waals surface area contributed by atoms with Gasteiger partial charge in [0.2, 0.25) is 0 Å². The van der Waals surface area contributed by atoms with Crippen molar-refractivity contribution >= 4 is 17.1 Å². The number of benzene rings is 3. The third-order valence-electron chi connectivity index (χ3n) is 3.54. The molecule has 2 nitrogen and oxygen atoms in total. The van der Waals surface area contributed by atoms with E-state index in [1.807, 2.05) is 54.6 Å². The molecule has 0 aliphatic carbocycles. The van der Waals surface area contributed by atoms with Crippen LogP contribution in [0.2, 0.25) is 0 Å². The van der Waals surface area contributed by atoms with Gasteiger partial charge in [0.15, 0.2) is 0 Å². The Hall–Kier alpha value is -3.18. The Labute approximate surface area is 137 Å². The third kappa shape index (κ3) is 3.36. The molecule has 0 amide bonds. The summed E-state index contributed by atoms with van der Waals surface area (Å²) in [5.41, 5.74) is 3.19. The molecular formula is C21H18N2. The Balaban J connectivity index is 2.11. The minimum Gasteiger partial charge on any atom is -0.269 e. The van der Waals surface area contributed by atoms with Gasteiger partial charge in [-0.3, -0.25) is 10.0 Å². The van der Waals surface area contributed by atoms with E-state index in [9.17, 15) is 0 Å². The van der Waals surface area contributed by atoms with Crippen LogP contribution >= 0.6 is 0 Å². The van der Waals surface area contributed by atoms with Crippen molar-refractivity contribution in [1.29, 1.82) is 0 Å². The topological polar surface area (TPSA) is 6.48 Å². The summed E-state index contributed by atoms with van der Waals surface area (Å²) in [6.07, 6.45) is 5.64. The summed E-state index contributed by atoms with van der Waals surface area (Å²) < 4.78 is 0. The molecule has 0 radical (unpaired) electrons. The molecule has 2 heteroatoms. The summed E-state index contributed by atoms with van der Waals surface area (Å²) in [5.74, 6) is 2.77. The maximum Gasteiger partial charge on any atom is 0.101 e. The highest BCUT2D eigenvalue weighted by atomic mass is 15.6. The first-order valence-electron chi connectivity index (χ1n) is 7.56. The van der Waals surface area contributed by atoms with Crippen molar-refractivity contribution in [2.24, 2.45) is 0 Å². The van der Waals surface area contributed by atoms with E-state index in [0.717, 1.165) is 17.1 Å². The molecule has 0 bridgehead atoms. The standard InChI is InChI=1S/C21H18N2/c1-2-18-22(19-12-6-3-7-13-19)23(20-14-8-4-9-15-20)21-16-10-5-11-17-21/h1,3-17H,18H2. The Morgan fingerprint density at radius 3 is 1.39 bits per heavy atom. The van der Waals surface area contributed by atoms with Gasteiger partial charge in [-0.25, -0.2) is 0 Å². The van der Waals surface area contributed by atoms with Gasteiger partial charge in [0.1, 0.15) is 6.54 Å². The lowest BCUT2D eigenvalue weighted by Crippen LogP contribution is -2.40. The highest BCUT2D eigenvalue weighted by Crippen LogP contribution is 2.30. The molecule has 0 saturated heterocycles. The van der Waals surface area contributed by atoms with Gasteiger partial charge in [-0.2, -0.15) is 0 Å². The van der Waals surface area contributed by atoms with Crippen LogP contribution in [-0.2, 0) is 0 Å². The van der Waals surface area contributed by atoms with Gasteiger partial charge in [-0.15, -0.1) is 6.42 Å². The van der Waals surface area contributed by atoms with E-state index in [1.165, 1.54) is 0 Å². The maximum absolute atomic E-state index is 5.64. The minimum absolute atomic E-state index is 0.480. The van der Waals surface area contributed by atoms with E-state index in [4.69, 9.17) is 6.42 Å². The van der Waals surface area contributed by atoms with Crippen LogP contribution in [-0.4, -0.2) is 6.54 Å².